The lowest BCUT2D eigenvalue weighted by molar-refractivity contribution is 0.0950. The average molecular weight is 418 g/mol. The summed E-state index contributed by atoms with van der Waals surface area (Å²) in [5.74, 6) is 0.402. The predicted molar refractivity (Wildman–Crippen MR) is 111 cm³/mol. The first kappa shape index (κ1) is 20.2. The molecule has 1 heterocycles. The van der Waals surface area contributed by atoms with Gasteiger partial charge in [-0.2, -0.15) is 5.10 Å². The Labute approximate surface area is 174 Å². The van der Waals surface area contributed by atoms with E-state index in [9.17, 15) is 4.79 Å². The molecule has 1 N–H and O–H groups in total. The van der Waals surface area contributed by atoms with E-state index in [2.05, 4.69) is 10.4 Å². The minimum absolute atomic E-state index is 0.143. The van der Waals surface area contributed by atoms with Crippen molar-refractivity contribution in [2.45, 2.75) is 33.5 Å². The fourth-order valence-corrected chi connectivity index (χ4v) is 3.27. The molecule has 0 aliphatic heterocycles. The average Bonchev–Trinajstić information content (AvgIpc) is 3.05. The summed E-state index contributed by atoms with van der Waals surface area (Å²) in [6, 6.07) is 12.4. The number of rotatable bonds is 7. The number of amides is 1. The van der Waals surface area contributed by atoms with E-state index >= 15 is 0 Å². The van der Waals surface area contributed by atoms with Crippen molar-refractivity contribution in [2.75, 3.05) is 0 Å². The first-order valence-corrected chi connectivity index (χ1v) is 9.69. The minimum Gasteiger partial charge on any atom is -0.487 e. The molecule has 0 spiro atoms. The van der Waals surface area contributed by atoms with Gasteiger partial charge in [0.25, 0.3) is 5.91 Å². The Hall–Kier alpha value is -2.50. The number of halogens is 2. The molecule has 2 aromatic carbocycles. The van der Waals surface area contributed by atoms with Crippen molar-refractivity contribution >= 4 is 29.1 Å². The molecule has 0 unspecified atom stereocenters. The topological polar surface area (TPSA) is 56.2 Å². The van der Waals surface area contributed by atoms with E-state index in [1.54, 1.807) is 30.5 Å². The summed E-state index contributed by atoms with van der Waals surface area (Å²) >= 11 is 12.0. The van der Waals surface area contributed by atoms with Crippen molar-refractivity contribution < 1.29 is 9.53 Å². The zero-order valence-corrected chi connectivity index (χ0v) is 17.2. The minimum atomic E-state index is -0.143. The van der Waals surface area contributed by atoms with Crippen molar-refractivity contribution in [1.29, 1.82) is 0 Å². The molecule has 0 fully saturated rings. The van der Waals surface area contributed by atoms with Crippen LogP contribution >= 0.6 is 23.2 Å². The van der Waals surface area contributed by atoms with Gasteiger partial charge >= 0.3 is 0 Å². The van der Waals surface area contributed by atoms with Crippen LogP contribution in [0.3, 0.4) is 0 Å². The number of carbonyl (C=O) groups is 1. The van der Waals surface area contributed by atoms with E-state index in [4.69, 9.17) is 27.9 Å². The largest absolute Gasteiger partial charge is 0.487 e. The SMILES string of the molecule is CCn1ncc(CNC(=O)c2cccc(COc3ccc(Cl)cc3Cl)c2)c1C. The van der Waals surface area contributed by atoms with E-state index in [-0.39, 0.29) is 5.91 Å². The molecule has 0 bridgehead atoms. The molecule has 0 aliphatic rings. The predicted octanol–water partition coefficient (Wildman–Crippen LogP) is 5.03. The second-order valence-corrected chi connectivity index (χ2v) is 7.16. The lowest BCUT2D eigenvalue weighted by atomic mass is 10.1. The number of aromatic nitrogens is 2. The Bertz CT molecular complexity index is 986. The summed E-state index contributed by atoms with van der Waals surface area (Å²) in [5, 5.41) is 8.24. The zero-order chi connectivity index (χ0) is 20.1. The standard InChI is InChI=1S/C21H21Cl2N3O2/c1-3-26-14(2)17(12-25-26)11-24-21(27)16-6-4-5-15(9-16)13-28-20-8-7-18(22)10-19(20)23/h4-10,12H,3,11,13H2,1-2H3,(H,24,27). The van der Waals surface area contributed by atoms with Gasteiger partial charge in [-0.15, -0.1) is 0 Å². The number of hydrogen-bond acceptors (Lipinski definition) is 3. The van der Waals surface area contributed by atoms with Crippen LogP contribution in [0.4, 0.5) is 0 Å². The fraction of sp³-hybridized carbons (Fsp3) is 0.238. The highest BCUT2D eigenvalue weighted by molar-refractivity contribution is 6.35. The highest BCUT2D eigenvalue weighted by atomic mass is 35.5. The van der Waals surface area contributed by atoms with Gasteiger partial charge in [-0.25, -0.2) is 0 Å². The zero-order valence-electron chi connectivity index (χ0n) is 15.7. The molecule has 0 atom stereocenters. The van der Waals surface area contributed by atoms with Crippen LogP contribution in [0, 0.1) is 6.92 Å². The third-order valence-electron chi connectivity index (χ3n) is 4.42. The van der Waals surface area contributed by atoms with E-state index < -0.39 is 0 Å². The summed E-state index contributed by atoms with van der Waals surface area (Å²) in [6.07, 6.45) is 1.79. The molecule has 3 aromatic rings. The van der Waals surface area contributed by atoms with E-state index in [1.807, 2.05) is 36.7 Å². The summed E-state index contributed by atoms with van der Waals surface area (Å²) in [7, 11) is 0. The van der Waals surface area contributed by atoms with Crippen molar-refractivity contribution in [1.82, 2.24) is 15.1 Å². The highest BCUT2D eigenvalue weighted by Gasteiger charge is 2.10. The number of nitrogens with one attached hydrogen (secondary N) is 1. The van der Waals surface area contributed by atoms with Gasteiger partial charge in [-0.1, -0.05) is 35.3 Å². The first-order chi connectivity index (χ1) is 13.5. The Morgan fingerprint density at radius 2 is 2.04 bits per heavy atom. The van der Waals surface area contributed by atoms with Crippen molar-refractivity contribution in [3.05, 3.63) is 81.1 Å². The maximum absolute atomic E-state index is 12.5. The molecular weight excluding hydrogens is 397 g/mol. The van der Waals surface area contributed by atoms with Crippen molar-refractivity contribution in [3.8, 4) is 5.75 Å². The molecule has 7 heteroatoms. The highest BCUT2D eigenvalue weighted by Crippen LogP contribution is 2.28. The molecular formula is C21H21Cl2N3O2. The lowest BCUT2D eigenvalue weighted by Crippen LogP contribution is -2.23. The van der Waals surface area contributed by atoms with Crippen molar-refractivity contribution in [2.24, 2.45) is 0 Å². The van der Waals surface area contributed by atoms with E-state index in [0.29, 0.717) is 34.5 Å². The number of hydrogen-bond donors (Lipinski definition) is 1. The number of carbonyl (C=O) groups excluding carboxylic acids is 1. The third kappa shape index (κ3) is 4.86. The van der Waals surface area contributed by atoms with Crippen LogP contribution in [-0.2, 0) is 19.7 Å². The van der Waals surface area contributed by atoms with Gasteiger partial charge in [0.15, 0.2) is 0 Å². The first-order valence-electron chi connectivity index (χ1n) is 8.94. The molecule has 0 saturated heterocycles. The van der Waals surface area contributed by atoms with Crippen LogP contribution in [0.2, 0.25) is 10.0 Å². The molecule has 146 valence electrons. The van der Waals surface area contributed by atoms with Gasteiger partial charge < -0.3 is 10.1 Å². The molecule has 1 aromatic heterocycles. The summed E-state index contributed by atoms with van der Waals surface area (Å²) in [6.45, 7) is 5.57. The lowest BCUT2D eigenvalue weighted by Gasteiger charge is -2.10. The molecule has 1 amide bonds. The van der Waals surface area contributed by atoms with Crippen molar-refractivity contribution in [3.63, 3.8) is 0 Å². The monoisotopic (exact) mass is 417 g/mol. The van der Waals surface area contributed by atoms with Crippen LogP contribution in [0.15, 0.2) is 48.7 Å². The number of nitrogens with zero attached hydrogens (tertiary/aromatic N) is 2. The Morgan fingerprint density at radius 3 is 2.75 bits per heavy atom. The van der Waals surface area contributed by atoms with Gasteiger partial charge in [-0.05, 0) is 49.7 Å². The molecule has 0 aliphatic carbocycles. The maximum Gasteiger partial charge on any atom is 0.251 e. The Morgan fingerprint density at radius 1 is 1.21 bits per heavy atom. The molecule has 28 heavy (non-hydrogen) atoms. The second kappa shape index (κ2) is 9.13. The maximum atomic E-state index is 12.5. The van der Waals surface area contributed by atoms with Gasteiger partial charge in [-0.3, -0.25) is 9.48 Å². The van der Waals surface area contributed by atoms with Crippen LogP contribution in [0.1, 0.15) is 34.1 Å². The van der Waals surface area contributed by atoms with E-state index in [1.165, 1.54) is 0 Å². The molecule has 3 rings (SSSR count). The van der Waals surface area contributed by atoms with Crippen LogP contribution in [0.5, 0.6) is 5.75 Å². The number of ether oxygens (including phenoxy) is 1. The summed E-state index contributed by atoms with van der Waals surface area (Å²) in [5.41, 5.74) is 3.51. The van der Waals surface area contributed by atoms with Gasteiger partial charge in [0.05, 0.1) is 11.2 Å². The number of benzene rings is 2. The third-order valence-corrected chi connectivity index (χ3v) is 4.95. The molecule has 0 saturated carbocycles. The second-order valence-electron chi connectivity index (χ2n) is 6.32. The molecule has 5 nitrogen and oxygen atoms in total. The van der Waals surface area contributed by atoms with Crippen LogP contribution in [0.25, 0.3) is 0 Å². The summed E-state index contributed by atoms with van der Waals surface area (Å²) < 4.78 is 7.64. The quantitative estimate of drug-likeness (QED) is 0.586. The Balaban J connectivity index is 1.61. The smallest absolute Gasteiger partial charge is 0.251 e. The normalized spacial score (nSPS) is 10.7. The van der Waals surface area contributed by atoms with Gasteiger partial charge in [0, 0.05) is 34.9 Å². The van der Waals surface area contributed by atoms with Crippen LogP contribution < -0.4 is 10.1 Å². The Kier molecular flexibility index (Phi) is 6.60. The van der Waals surface area contributed by atoms with Crippen LogP contribution in [-0.4, -0.2) is 15.7 Å². The van der Waals surface area contributed by atoms with E-state index in [0.717, 1.165) is 23.4 Å². The number of aryl methyl sites for hydroxylation is 1. The fourth-order valence-electron chi connectivity index (χ4n) is 2.81. The molecule has 0 radical (unpaired) electrons. The van der Waals surface area contributed by atoms with Gasteiger partial charge in [0.2, 0.25) is 0 Å². The summed E-state index contributed by atoms with van der Waals surface area (Å²) in [4.78, 5) is 12.5. The van der Waals surface area contributed by atoms with Gasteiger partial charge in [0.1, 0.15) is 12.4 Å².